The average Bonchev–Trinajstić information content (AvgIpc) is 2.97. The summed E-state index contributed by atoms with van der Waals surface area (Å²) in [7, 11) is 0. The fourth-order valence-electron chi connectivity index (χ4n) is 5.16. The highest BCUT2D eigenvalue weighted by molar-refractivity contribution is 5.76. The zero-order valence-corrected chi connectivity index (χ0v) is 23.1. The fourth-order valence-corrected chi connectivity index (χ4v) is 5.16. The minimum Gasteiger partial charge on any atom is -0.395 e. The van der Waals surface area contributed by atoms with E-state index in [1.54, 1.807) is 24.5 Å². The summed E-state index contributed by atoms with van der Waals surface area (Å²) >= 11 is 0. The fraction of sp³-hybridized carbons (Fsp3) is 0.400. The first-order valence-corrected chi connectivity index (χ1v) is 13.6. The standard InChI is InChI=1S/C30H32F6N4O3/c31-29(32,33)28(43,30(34,35)36)25-7-5-24(6-8-25)23-3-1-21(2-4-23)18-39-14-15-40(19-22-9-11-37-12-10-22)26(20-39)17-27(42)38-13-16-41/h1-12,26,41,43H,13-20H2,(H,38,42). The molecule has 43 heavy (non-hydrogen) atoms. The van der Waals surface area contributed by atoms with Gasteiger partial charge in [0.1, 0.15) is 0 Å². The van der Waals surface area contributed by atoms with E-state index < -0.39 is 23.5 Å². The minimum atomic E-state index is -5.94. The van der Waals surface area contributed by atoms with Crippen LogP contribution in [0.1, 0.15) is 23.1 Å². The Bertz CT molecular complexity index is 1320. The van der Waals surface area contributed by atoms with E-state index >= 15 is 0 Å². The van der Waals surface area contributed by atoms with Crippen molar-refractivity contribution in [1.82, 2.24) is 20.1 Å². The smallest absolute Gasteiger partial charge is 0.395 e. The number of aliphatic hydroxyl groups excluding tert-OH is 1. The van der Waals surface area contributed by atoms with Gasteiger partial charge < -0.3 is 15.5 Å². The van der Waals surface area contributed by atoms with Crippen molar-refractivity contribution in [2.45, 2.75) is 43.5 Å². The maximum atomic E-state index is 13.2. The number of benzene rings is 2. The van der Waals surface area contributed by atoms with E-state index in [4.69, 9.17) is 5.11 Å². The number of rotatable bonds is 10. The maximum Gasteiger partial charge on any atom is 0.430 e. The van der Waals surface area contributed by atoms with Gasteiger partial charge in [0.25, 0.3) is 5.60 Å². The minimum absolute atomic E-state index is 0.0783. The number of halogens is 6. The highest BCUT2D eigenvalue weighted by atomic mass is 19.4. The largest absolute Gasteiger partial charge is 0.430 e. The Morgan fingerprint density at radius 2 is 1.40 bits per heavy atom. The molecular weight excluding hydrogens is 578 g/mol. The predicted octanol–water partition coefficient (Wildman–Crippen LogP) is 4.25. The van der Waals surface area contributed by atoms with Crippen LogP contribution in [0.15, 0.2) is 73.1 Å². The predicted molar refractivity (Wildman–Crippen MR) is 146 cm³/mol. The van der Waals surface area contributed by atoms with Crippen LogP contribution in [0.2, 0.25) is 0 Å². The molecule has 1 saturated heterocycles. The van der Waals surface area contributed by atoms with Crippen molar-refractivity contribution in [3.8, 4) is 11.1 Å². The van der Waals surface area contributed by atoms with Crippen LogP contribution in [0.3, 0.4) is 0 Å². The third-order valence-corrected chi connectivity index (χ3v) is 7.50. The number of hydrogen-bond donors (Lipinski definition) is 3. The van der Waals surface area contributed by atoms with Crippen molar-refractivity contribution < 1.29 is 41.4 Å². The molecule has 0 saturated carbocycles. The van der Waals surface area contributed by atoms with E-state index in [0.29, 0.717) is 49.4 Å². The molecule has 3 aromatic rings. The van der Waals surface area contributed by atoms with Gasteiger partial charge in [-0.15, -0.1) is 0 Å². The van der Waals surface area contributed by atoms with E-state index in [1.807, 2.05) is 24.3 Å². The van der Waals surface area contributed by atoms with E-state index in [0.717, 1.165) is 29.8 Å². The first-order valence-electron chi connectivity index (χ1n) is 13.6. The van der Waals surface area contributed by atoms with Gasteiger partial charge in [0.2, 0.25) is 5.91 Å². The summed E-state index contributed by atoms with van der Waals surface area (Å²) in [6, 6.07) is 14.4. The van der Waals surface area contributed by atoms with Crippen LogP contribution in [0.25, 0.3) is 11.1 Å². The molecule has 13 heteroatoms. The molecule has 232 valence electrons. The van der Waals surface area contributed by atoms with Crippen LogP contribution < -0.4 is 5.32 Å². The lowest BCUT2D eigenvalue weighted by Crippen LogP contribution is -2.53. The number of aromatic nitrogens is 1. The number of nitrogens with one attached hydrogen (secondary N) is 1. The van der Waals surface area contributed by atoms with Gasteiger partial charge in [0.05, 0.1) is 6.61 Å². The van der Waals surface area contributed by atoms with Gasteiger partial charge >= 0.3 is 12.4 Å². The number of nitrogens with zero attached hydrogens (tertiary/aromatic N) is 3. The summed E-state index contributed by atoms with van der Waals surface area (Å²) < 4.78 is 79.2. The quantitative estimate of drug-likeness (QED) is 0.298. The number of pyridine rings is 1. The molecule has 7 nitrogen and oxygen atoms in total. The second kappa shape index (κ2) is 13.4. The lowest BCUT2D eigenvalue weighted by atomic mass is 9.90. The Morgan fingerprint density at radius 1 is 0.837 bits per heavy atom. The third kappa shape index (κ3) is 7.71. The van der Waals surface area contributed by atoms with Crippen molar-refractivity contribution >= 4 is 5.91 Å². The highest BCUT2D eigenvalue weighted by Gasteiger charge is 2.71. The number of carbonyl (C=O) groups is 1. The zero-order chi connectivity index (χ0) is 31.3. The number of carbonyl (C=O) groups excluding carboxylic acids is 1. The number of amides is 1. The molecule has 4 rings (SSSR count). The summed E-state index contributed by atoms with van der Waals surface area (Å²) in [5.74, 6) is -0.153. The molecule has 0 aliphatic carbocycles. The molecule has 1 aliphatic rings. The monoisotopic (exact) mass is 610 g/mol. The molecule has 2 aromatic carbocycles. The number of alkyl halides is 6. The van der Waals surface area contributed by atoms with Crippen LogP contribution >= 0.6 is 0 Å². The van der Waals surface area contributed by atoms with Gasteiger partial charge in [0.15, 0.2) is 0 Å². The van der Waals surface area contributed by atoms with Crippen molar-refractivity contribution in [3.05, 3.63) is 89.7 Å². The van der Waals surface area contributed by atoms with E-state index in [1.165, 1.54) is 0 Å². The summed E-state index contributed by atoms with van der Waals surface area (Å²) in [4.78, 5) is 21.0. The van der Waals surface area contributed by atoms with Crippen molar-refractivity contribution in [3.63, 3.8) is 0 Å². The number of aliphatic hydroxyl groups is 2. The van der Waals surface area contributed by atoms with Crippen LogP contribution in [-0.4, -0.2) is 82.1 Å². The summed E-state index contributed by atoms with van der Waals surface area (Å²) in [5.41, 5.74) is -3.29. The van der Waals surface area contributed by atoms with Crippen LogP contribution in [-0.2, 0) is 23.5 Å². The van der Waals surface area contributed by atoms with Crippen LogP contribution in [0.5, 0.6) is 0 Å². The first kappa shape index (κ1) is 32.4. The van der Waals surface area contributed by atoms with Gasteiger partial charge in [-0.25, -0.2) is 0 Å². The SMILES string of the molecule is O=C(CC1CN(Cc2ccc(-c3ccc(C(O)(C(F)(F)F)C(F)(F)F)cc3)cc2)CCN1Cc1ccncc1)NCCO. The van der Waals surface area contributed by atoms with Crippen molar-refractivity contribution in [2.75, 3.05) is 32.8 Å². The molecule has 1 atom stereocenters. The molecule has 1 amide bonds. The number of hydrogen-bond acceptors (Lipinski definition) is 6. The molecule has 0 bridgehead atoms. The third-order valence-electron chi connectivity index (χ3n) is 7.50. The van der Waals surface area contributed by atoms with Gasteiger partial charge in [-0.2, -0.15) is 26.3 Å². The second-order valence-electron chi connectivity index (χ2n) is 10.5. The lowest BCUT2D eigenvalue weighted by Gasteiger charge is -2.41. The lowest BCUT2D eigenvalue weighted by molar-refractivity contribution is -0.376. The molecule has 1 aliphatic heterocycles. The van der Waals surface area contributed by atoms with Crippen LogP contribution in [0, 0.1) is 0 Å². The summed E-state index contributed by atoms with van der Waals surface area (Å²) in [6.45, 7) is 3.33. The van der Waals surface area contributed by atoms with E-state index in [9.17, 15) is 36.2 Å². The number of piperazine rings is 1. The highest BCUT2D eigenvalue weighted by Crippen LogP contribution is 2.50. The molecule has 3 N–H and O–H groups in total. The molecule has 0 spiro atoms. The topological polar surface area (TPSA) is 88.9 Å². The molecule has 1 aromatic heterocycles. The van der Waals surface area contributed by atoms with E-state index in [-0.39, 0.29) is 31.5 Å². The molecule has 2 heterocycles. The summed E-state index contributed by atoms with van der Waals surface area (Å²) in [5, 5.41) is 21.4. The first-order chi connectivity index (χ1) is 20.3. The molecule has 1 unspecified atom stereocenters. The Labute approximate surface area is 244 Å². The van der Waals surface area contributed by atoms with Crippen LogP contribution in [0.4, 0.5) is 26.3 Å². The Hall–Kier alpha value is -3.52. The van der Waals surface area contributed by atoms with Gasteiger partial charge in [-0.3, -0.25) is 19.6 Å². The van der Waals surface area contributed by atoms with Gasteiger partial charge in [-0.05, 0) is 34.4 Å². The average molecular weight is 611 g/mol. The summed E-state index contributed by atoms with van der Waals surface area (Å²) in [6.07, 6.45) is -8.19. The Balaban J connectivity index is 1.43. The normalized spacial score (nSPS) is 17.2. The van der Waals surface area contributed by atoms with Gasteiger partial charge in [0, 0.05) is 69.7 Å². The Kier molecular flexibility index (Phi) is 10.1. The van der Waals surface area contributed by atoms with Crippen molar-refractivity contribution in [1.29, 1.82) is 0 Å². The van der Waals surface area contributed by atoms with Crippen molar-refractivity contribution in [2.24, 2.45) is 0 Å². The second-order valence-corrected chi connectivity index (χ2v) is 10.5. The van der Waals surface area contributed by atoms with Gasteiger partial charge in [-0.1, -0.05) is 48.5 Å². The zero-order valence-electron chi connectivity index (χ0n) is 23.1. The molecule has 1 fully saturated rings. The Morgan fingerprint density at radius 3 is 1.95 bits per heavy atom. The molecular formula is C30H32F6N4O3. The maximum absolute atomic E-state index is 13.2. The molecule has 0 radical (unpaired) electrons. The van der Waals surface area contributed by atoms with E-state index in [2.05, 4.69) is 20.1 Å².